The summed E-state index contributed by atoms with van der Waals surface area (Å²) in [6, 6.07) is 10.8. The average molecular weight is 455 g/mol. The molecule has 0 radical (unpaired) electrons. The van der Waals surface area contributed by atoms with Crippen LogP contribution in [0.15, 0.2) is 48.0 Å². The number of hydrogen-bond donors (Lipinski definition) is 2. The summed E-state index contributed by atoms with van der Waals surface area (Å²) in [4.78, 5) is 38.1. The van der Waals surface area contributed by atoms with Crippen molar-refractivity contribution in [3.63, 3.8) is 0 Å². The summed E-state index contributed by atoms with van der Waals surface area (Å²) in [6.45, 7) is 3.88. The molecule has 0 unspecified atom stereocenters. The Labute approximate surface area is 190 Å². The van der Waals surface area contributed by atoms with Gasteiger partial charge in [0.2, 0.25) is 0 Å². The fourth-order valence-corrected chi connectivity index (χ4v) is 3.30. The minimum absolute atomic E-state index is 0.0622. The van der Waals surface area contributed by atoms with Gasteiger partial charge in [-0.05, 0) is 62.0 Å². The third-order valence-corrected chi connectivity index (χ3v) is 5.18. The SMILES string of the molecule is CC[C@@H](C)Oc1c(/C=C2\C(=O)NC(=S)N(c3ccc(C(=O)O)cc3)C2=O)cccc1OC. The molecule has 9 heteroatoms. The Bertz CT molecular complexity index is 1110. The van der Waals surface area contributed by atoms with E-state index in [1.165, 1.54) is 37.5 Å². The Morgan fingerprint density at radius 2 is 1.91 bits per heavy atom. The second-order valence-electron chi connectivity index (χ2n) is 7.03. The molecule has 0 aliphatic carbocycles. The summed E-state index contributed by atoms with van der Waals surface area (Å²) in [5, 5.41) is 11.5. The number of hydrogen-bond acceptors (Lipinski definition) is 6. The van der Waals surface area contributed by atoms with Gasteiger partial charge in [-0.1, -0.05) is 19.1 Å². The first-order valence-corrected chi connectivity index (χ1v) is 10.3. The van der Waals surface area contributed by atoms with Crippen LogP contribution in [0.5, 0.6) is 11.5 Å². The highest BCUT2D eigenvalue weighted by Gasteiger charge is 2.35. The van der Waals surface area contributed by atoms with E-state index < -0.39 is 17.8 Å². The number of methoxy groups -OCH3 is 1. The number of anilines is 1. The maximum absolute atomic E-state index is 13.2. The Morgan fingerprint density at radius 3 is 2.50 bits per heavy atom. The number of para-hydroxylation sites is 1. The highest BCUT2D eigenvalue weighted by molar-refractivity contribution is 7.80. The van der Waals surface area contributed by atoms with Gasteiger partial charge in [-0.2, -0.15) is 0 Å². The van der Waals surface area contributed by atoms with E-state index in [0.717, 1.165) is 11.3 Å². The number of carboxylic acids is 1. The standard InChI is InChI=1S/C23H22N2O6S/c1-4-13(2)31-19-15(6-5-7-18(19)30-3)12-17-20(26)24-23(32)25(21(17)27)16-10-8-14(9-11-16)22(28)29/h5-13H,4H2,1-3H3,(H,28,29)(H,24,26,32)/b17-12+/t13-/m1/s1. The normalized spacial score (nSPS) is 16.0. The van der Waals surface area contributed by atoms with E-state index in [-0.39, 0.29) is 22.4 Å². The van der Waals surface area contributed by atoms with E-state index in [4.69, 9.17) is 26.8 Å². The second kappa shape index (κ2) is 9.61. The number of nitrogens with one attached hydrogen (secondary N) is 1. The smallest absolute Gasteiger partial charge is 0.335 e. The van der Waals surface area contributed by atoms with Crippen molar-refractivity contribution in [2.24, 2.45) is 0 Å². The molecule has 2 aromatic rings. The largest absolute Gasteiger partial charge is 0.493 e. The third-order valence-electron chi connectivity index (χ3n) is 4.90. The number of thiocarbonyl (C=S) groups is 1. The molecule has 2 amide bonds. The molecule has 3 rings (SSSR count). The van der Waals surface area contributed by atoms with Crippen LogP contribution in [0.2, 0.25) is 0 Å². The van der Waals surface area contributed by atoms with Gasteiger partial charge in [0.15, 0.2) is 16.6 Å². The van der Waals surface area contributed by atoms with Gasteiger partial charge in [0.25, 0.3) is 11.8 Å². The van der Waals surface area contributed by atoms with Crippen molar-refractivity contribution in [2.45, 2.75) is 26.4 Å². The van der Waals surface area contributed by atoms with Crippen LogP contribution in [0.3, 0.4) is 0 Å². The van der Waals surface area contributed by atoms with Crippen molar-refractivity contribution in [1.82, 2.24) is 5.32 Å². The first-order chi connectivity index (χ1) is 15.3. The molecule has 0 bridgehead atoms. The lowest BCUT2D eigenvalue weighted by atomic mass is 10.1. The molecule has 1 fully saturated rings. The van der Waals surface area contributed by atoms with Crippen LogP contribution in [0.25, 0.3) is 6.08 Å². The highest BCUT2D eigenvalue weighted by atomic mass is 32.1. The van der Waals surface area contributed by atoms with Gasteiger partial charge in [-0.3, -0.25) is 19.8 Å². The lowest BCUT2D eigenvalue weighted by Gasteiger charge is -2.29. The van der Waals surface area contributed by atoms with Crippen LogP contribution in [-0.2, 0) is 9.59 Å². The van der Waals surface area contributed by atoms with Crippen molar-refractivity contribution in [3.05, 3.63) is 59.2 Å². The van der Waals surface area contributed by atoms with Gasteiger partial charge in [0.1, 0.15) is 5.57 Å². The topological polar surface area (TPSA) is 105 Å². The number of aromatic carboxylic acids is 1. The summed E-state index contributed by atoms with van der Waals surface area (Å²) in [7, 11) is 1.51. The number of carbonyl (C=O) groups is 3. The zero-order valence-corrected chi connectivity index (χ0v) is 18.6. The predicted octanol–water partition coefficient (Wildman–Crippen LogP) is 3.40. The Hall–Kier alpha value is -3.72. The fraction of sp³-hybridized carbons (Fsp3) is 0.217. The average Bonchev–Trinajstić information content (AvgIpc) is 2.77. The summed E-state index contributed by atoms with van der Waals surface area (Å²) < 4.78 is 11.4. The molecule has 0 spiro atoms. The molecule has 1 heterocycles. The highest BCUT2D eigenvalue weighted by Crippen LogP contribution is 2.34. The van der Waals surface area contributed by atoms with Gasteiger partial charge in [0, 0.05) is 5.56 Å². The van der Waals surface area contributed by atoms with Gasteiger partial charge >= 0.3 is 5.97 Å². The molecule has 2 aromatic carbocycles. The maximum Gasteiger partial charge on any atom is 0.335 e. The molecule has 32 heavy (non-hydrogen) atoms. The second-order valence-corrected chi connectivity index (χ2v) is 7.41. The van der Waals surface area contributed by atoms with Crippen molar-refractivity contribution < 1.29 is 29.0 Å². The van der Waals surface area contributed by atoms with Crippen LogP contribution in [-0.4, -0.2) is 41.2 Å². The first kappa shape index (κ1) is 23.0. The monoisotopic (exact) mass is 454 g/mol. The molecule has 1 saturated heterocycles. The predicted molar refractivity (Wildman–Crippen MR) is 123 cm³/mol. The molecule has 0 saturated carbocycles. The number of nitrogens with zero attached hydrogens (tertiary/aromatic N) is 1. The minimum Gasteiger partial charge on any atom is -0.493 e. The molecule has 1 atom stereocenters. The number of carboxylic acid groups (broad SMARTS) is 1. The van der Waals surface area contributed by atoms with Crippen LogP contribution in [0.4, 0.5) is 5.69 Å². The number of amides is 2. The zero-order chi connectivity index (χ0) is 23.4. The van der Waals surface area contributed by atoms with E-state index in [0.29, 0.717) is 22.7 Å². The molecule has 166 valence electrons. The molecule has 8 nitrogen and oxygen atoms in total. The summed E-state index contributed by atoms with van der Waals surface area (Å²) in [5.41, 5.74) is 0.741. The van der Waals surface area contributed by atoms with E-state index in [1.54, 1.807) is 18.2 Å². The van der Waals surface area contributed by atoms with Crippen molar-refractivity contribution in [1.29, 1.82) is 0 Å². The molecule has 1 aliphatic heterocycles. The van der Waals surface area contributed by atoms with Crippen LogP contribution in [0.1, 0.15) is 36.2 Å². The third kappa shape index (κ3) is 4.62. The summed E-state index contributed by atoms with van der Waals surface area (Å²) >= 11 is 5.19. The van der Waals surface area contributed by atoms with E-state index >= 15 is 0 Å². The lowest BCUT2D eigenvalue weighted by Crippen LogP contribution is -2.54. The molecular formula is C23H22N2O6S. The Kier molecular flexibility index (Phi) is 6.89. The van der Waals surface area contributed by atoms with E-state index in [1.807, 2.05) is 13.8 Å². The minimum atomic E-state index is -1.09. The summed E-state index contributed by atoms with van der Waals surface area (Å²) in [5.74, 6) is -1.48. The Morgan fingerprint density at radius 1 is 1.22 bits per heavy atom. The molecule has 1 aliphatic rings. The van der Waals surface area contributed by atoms with Crippen molar-refractivity contribution in [2.75, 3.05) is 12.0 Å². The van der Waals surface area contributed by atoms with Crippen molar-refractivity contribution in [3.8, 4) is 11.5 Å². The lowest BCUT2D eigenvalue weighted by molar-refractivity contribution is -0.122. The van der Waals surface area contributed by atoms with E-state index in [9.17, 15) is 14.4 Å². The zero-order valence-electron chi connectivity index (χ0n) is 17.7. The van der Waals surface area contributed by atoms with Crippen LogP contribution >= 0.6 is 12.2 Å². The fourth-order valence-electron chi connectivity index (χ4n) is 3.02. The van der Waals surface area contributed by atoms with Crippen LogP contribution < -0.4 is 19.7 Å². The quantitative estimate of drug-likeness (QED) is 0.375. The summed E-state index contributed by atoms with van der Waals surface area (Å²) in [6.07, 6.45) is 2.07. The number of ether oxygens (including phenoxy) is 2. The molecule has 0 aromatic heterocycles. The first-order valence-electron chi connectivity index (χ1n) is 9.85. The van der Waals surface area contributed by atoms with Gasteiger partial charge in [0.05, 0.1) is 24.5 Å². The number of benzene rings is 2. The van der Waals surface area contributed by atoms with Crippen molar-refractivity contribution >= 4 is 46.9 Å². The van der Waals surface area contributed by atoms with Crippen LogP contribution in [0, 0.1) is 0 Å². The number of rotatable bonds is 7. The van der Waals surface area contributed by atoms with Gasteiger partial charge < -0.3 is 14.6 Å². The van der Waals surface area contributed by atoms with E-state index in [2.05, 4.69) is 5.32 Å². The molecule has 2 N–H and O–H groups in total. The molecular weight excluding hydrogens is 432 g/mol. The Balaban J connectivity index is 2.04. The van der Waals surface area contributed by atoms with Gasteiger partial charge in [-0.15, -0.1) is 0 Å². The number of carbonyl (C=O) groups excluding carboxylic acids is 2. The van der Waals surface area contributed by atoms with Gasteiger partial charge in [-0.25, -0.2) is 4.79 Å². The maximum atomic E-state index is 13.2.